The van der Waals surface area contributed by atoms with Gasteiger partial charge in [0.25, 0.3) is 0 Å². The van der Waals surface area contributed by atoms with Crippen molar-refractivity contribution in [1.82, 2.24) is 10.3 Å². The number of carbonyl (C=O) groups excluding carboxylic acids is 1. The van der Waals surface area contributed by atoms with Crippen LogP contribution >= 0.6 is 11.6 Å². The van der Waals surface area contributed by atoms with Crippen molar-refractivity contribution in [2.75, 3.05) is 7.11 Å². The lowest BCUT2D eigenvalue weighted by molar-refractivity contribution is -0.121. The van der Waals surface area contributed by atoms with E-state index in [-0.39, 0.29) is 22.9 Å². The summed E-state index contributed by atoms with van der Waals surface area (Å²) in [6.07, 6.45) is 3.17. The monoisotopic (exact) mass is 384 g/mol. The average molecular weight is 385 g/mol. The predicted molar refractivity (Wildman–Crippen MR) is 102 cm³/mol. The molecule has 3 rings (SSSR count). The molecule has 6 heteroatoms. The first-order chi connectivity index (χ1) is 13.1. The van der Waals surface area contributed by atoms with E-state index in [1.807, 2.05) is 36.4 Å². The zero-order valence-corrected chi connectivity index (χ0v) is 15.4. The second kappa shape index (κ2) is 8.64. The Balaban J connectivity index is 1.86. The van der Waals surface area contributed by atoms with E-state index in [0.717, 1.165) is 16.9 Å². The fourth-order valence-corrected chi connectivity index (χ4v) is 3.01. The molecule has 4 nitrogen and oxygen atoms in total. The number of hydrogen-bond donors (Lipinski definition) is 1. The fourth-order valence-electron chi connectivity index (χ4n) is 2.79. The standard InChI is InChI=1S/C21H18ClFN2O2/c1-27-16-7-5-14(6-8-16)21(15-9-11-24-12-10-15)25-20(26)13-17-18(22)3-2-4-19(17)23/h2-12,21H,13H2,1H3,(H,25,26)/t21-/m0/s1. The van der Waals surface area contributed by atoms with Crippen molar-refractivity contribution < 1.29 is 13.9 Å². The van der Waals surface area contributed by atoms with Gasteiger partial charge < -0.3 is 10.1 Å². The summed E-state index contributed by atoms with van der Waals surface area (Å²) in [7, 11) is 1.59. The minimum atomic E-state index is -0.498. The Bertz CT molecular complexity index is 897. The zero-order valence-electron chi connectivity index (χ0n) is 14.7. The highest BCUT2D eigenvalue weighted by atomic mass is 35.5. The maximum absolute atomic E-state index is 14.0. The molecular formula is C21H18ClFN2O2. The molecule has 1 atom stereocenters. The third-order valence-electron chi connectivity index (χ3n) is 4.19. The third-order valence-corrected chi connectivity index (χ3v) is 4.55. The number of halogens is 2. The summed E-state index contributed by atoms with van der Waals surface area (Å²) in [6, 6.07) is 15.0. The largest absolute Gasteiger partial charge is 0.497 e. The van der Waals surface area contributed by atoms with Crippen molar-refractivity contribution in [3.63, 3.8) is 0 Å². The summed E-state index contributed by atoms with van der Waals surface area (Å²) in [5.41, 5.74) is 1.91. The average Bonchev–Trinajstić information content (AvgIpc) is 2.70. The Morgan fingerprint density at radius 1 is 1.11 bits per heavy atom. The first-order valence-corrected chi connectivity index (χ1v) is 8.72. The Morgan fingerprint density at radius 2 is 1.78 bits per heavy atom. The van der Waals surface area contributed by atoms with Crippen LogP contribution in [-0.4, -0.2) is 18.0 Å². The highest BCUT2D eigenvalue weighted by Gasteiger charge is 2.19. The first-order valence-electron chi connectivity index (χ1n) is 8.34. The number of methoxy groups -OCH3 is 1. The van der Waals surface area contributed by atoms with Crippen LogP contribution in [0.5, 0.6) is 5.75 Å². The SMILES string of the molecule is COc1ccc([C@H](NC(=O)Cc2c(F)cccc2Cl)c2ccncc2)cc1. The van der Waals surface area contributed by atoms with Crippen LogP contribution in [0, 0.1) is 5.82 Å². The van der Waals surface area contributed by atoms with Crippen molar-refractivity contribution in [3.05, 3.63) is 94.5 Å². The number of benzene rings is 2. The number of ether oxygens (including phenoxy) is 1. The van der Waals surface area contributed by atoms with Crippen molar-refractivity contribution >= 4 is 17.5 Å². The molecule has 0 spiro atoms. The van der Waals surface area contributed by atoms with Crippen molar-refractivity contribution in [2.45, 2.75) is 12.5 Å². The van der Waals surface area contributed by atoms with Crippen molar-refractivity contribution in [2.24, 2.45) is 0 Å². The van der Waals surface area contributed by atoms with Gasteiger partial charge in [-0.3, -0.25) is 9.78 Å². The van der Waals surface area contributed by atoms with E-state index in [2.05, 4.69) is 10.3 Å². The summed E-state index contributed by atoms with van der Waals surface area (Å²) >= 11 is 6.04. The molecule has 138 valence electrons. The number of hydrogen-bond acceptors (Lipinski definition) is 3. The number of aromatic nitrogens is 1. The van der Waals surface area contributed by atoms with E-state index >= 15 is 0 Å². The molecule has 0 saturated heterocycles. The lowest BCUT2D eigenvalue weighted by Gasteiger charge is -2.20. The van der Waals surface area contributed by atoms with E-state index in [1.54, 1.807) is 25.6 Å². The highest BCUT2D eigenvalue weighted by Crippen LogP contribution is 2.25. The van der Waals surface area contributed by atoms with Crippen molar-refractivity contribution in [1.29, 1.82) is 0 Å². The lowest BCUT2D eigenvalue weighted by atomic mass is 9.99. The molecule has 1 N–H and O–H groups in total. The van der Waals surface area contributed by atoms with Crippen LogP contribution < -0.4 is 10.1 Å². The summed E-state index contributed by atoms with van der Waals surface area (Å²) in [6.45, 7) is 0. The van der Waals surface area contributed by atoms with Crippen LogP contribution in [0.1, 0.15) is 22.7 Å². The second-order valence-electron chi connectivity index (χ2n) is 5.93. The number of nitrogens with one attached hydrogen (secondary N) is 1. The normalized spacial score (nSPS) is 11.7. The molecule has 2 aromatic carbocycles. The van der Waals surface area contributed by atoms with Gasteiger partial charge in [0, 0.05) is 23.0 Å². The van der Waals surface area contributed by atoms with Gasteiger partial charge in [0.15, 0.2) is 0 Å². The van der Waals surface area contributed by atoms with Gasteiger partial charge in [-0.15, -0.1) is 0 Å². The van der Waals surface area contributed by atoms with E-state index < -0.39 is 11.9 Å². The third kappa shape index (κ3) is 4.63. The Hall–Kier alpha value is -2.92. The molecule has 3 aromatic rings. The Kier molecular flexibility index (Phi) is 6.04. The van der Waals surface area contributed by atoms with Crippen LogP contribution in [0.3, 0.4) is 0 Å². The maximum Gasteiger partial charge on any atom is 0.225 e. The summed E-state index contributed by atoms with van der Waals surface area (Å²) in [5.74, 6) is -0.112. The fraction of sp³-hybridized carbons (Fsp3) is 0.143. The quantitative estimate of drug-likeness (QED) is 0.688. The van der Waals surface area contributed by atoms with Gasteiger partial charge in [-0.05, 0) is 47.5 Å². The number of rotatable bonds is 6. The minimum Gasteiger partial charge on any atom is -0.497 e. The lowest BCUT2D eigenvalue weighted by Crippen LogP contribution is -2.31. The number of carbonyl (C=O) groups is 1. The molecule has 1 aromatic heterocycles. The first kappa shape index (κ1) is 18.9. The van der Waals surface area contributed by atoms with Gasteiger partial charge in [-0.25, -0.2) is 4.39 Å². The van der Waals surface area contributed by atoms with Crippen LogP contribution in [0.15, 0.2) is 67.0 Å². The van der Waals surface area contributed by atoms with Gasteiger partial charge in [0.2, 0.25) is 5.91 Å². The van der Waals surface area contributed by atoms with Crippen LogP contribution in [0.25, 0.3) is 0 Å². The number of pyridine rings is 1. The van der Waals surface area contributed by atoms with Crippen LogP contribution in [-0.2, 0) is 11.2 Å². The molecule has 0 fully saturated rings. The number of nitrogens with zero attached hydrogens (tertiary/aromatic N) is 1. The van der Waals surface area contributed by atoms with E-state index in [9.17, 15) is 9.18 Å². The van der Waals surface area contributed by atoms with Gasteiger partial charge in [0.1, 0.15) is 11.6 Å². The molecule has 0 aliphatic carbocycles. The van der Waals surface area contributed by atoms with Gasteiger partial charge in [-0.2, -0.15) is 0 Å². The molecule has 0 bridgehead atoms. The summed E-state index contributed by atoms with van der Waals surface area (Å²) < 4.78 is 19.2. The van der Waals surface area contributed by atoms with E-state index in [0.29, 0.717) is 0 Å². The summed E-state index contributed by atoms with van der Waals surface area (Å²) in [5, 5.41) is 3.19. The predicted octanol–water partition coefficient (Wildman–Crippen LogP) is 4.33. The minimum absolute atomic E-state index is 0.150. The van der Waals surface area contributed by atoms with Gasteiger partial charge in [-0.1, -0.05) is 29.8 Å². The Morgan fingerprint density at radius 3 is 2.41 bits per heavy atom. The topological polar surface area (TPSA) is 51.2 Å². The second-order valence-corrected chi connectivity index (χ2v) is 6.34. The van der Waals surface area contributed by atoms with Gasteiger partial charge >= 0.3 is 0 Å². The molecule has 1 amide bonds. The molecule has 27 heavy (non-hydrogen) atoms. The molecular weight excluding hydrogens is 367 g/mol. The van der Waals surface area contributed by atoms with Crippen LogP contribution in [0.4, 0.5) is 4.39 Å². The number of amides is 1. The maximum atomic E-state index is 14.0. The molecule has 0 unspecified atom stereocenters. The smallest absolute Gasteiger partial charge is 0.225 e. The van der Waals surface area contributed by atoms with E-state index in [4.69, 9.17) is 16.3 Å². The summed E-state index contributed by atoms with van der Waals surface area (Å²) in [4.78, 5) is 16.6. The molecule has 1 heterocycles. The molecule has 0 saturated carbocycles. The zero-order chi connectivity index (χ0) is 19.2. The Labute approximate surface area is 162 Å². The highest BCUT2D eigenvalue weighted by molar-refractivity contribution is 6.31. The van der Waals surface area contributed by atoms with Crippen LogP contribution in [0.2, 0.25) is 5.02 Å². The van der Waals surface area contributed by atoms with E-state index in [1.165, 1.54) is 12.1 Å². The van der Waals surface area contributed by atoms with Crippen molar-refractivity contribution in [3.8, 4) is 5.75 Å². The molecule has 0 aliphatic heterocycles. The molecule has 0 aliphatic rings. The van der Waals surface area contributed by atoms with Gasteiger partial charge in [0.05, 0.1) is 19.6 Å². The molecule has 0 radical (unpaired) electrons.